The molecule has 2 heterocycles. The summed E-state index contributed by atoms with van der Waals surface area (Å²) in [5.74, 6) is -1.86. The van der Waals surface area contributed by atoms with Gasteiger partial charge in [0.05, 0.1) is 5.69 Å². The third-order valence-electron chi connectivity index (χ3n) is 3.10. The minimum absolute atomic E-state index is 0.205. The van der Waals surface area contributed by atoms with Gasteiger partial charge in [-0.05, 0) is 6.07 Å². The van der Waals surface area contributed by atoms with E-state index in [-0.39, 0.29) is 11.5 Å². The smallest absolute Gasteiger partial charge is 0.356 e. The molecule has 0 bridgehead atoms. The molecule has 9 heteroatoms. The number of H-pyrrole nitrogens is 1. The van der Waals surface area contributed by atoms with E-state index < -0.39 is 17.6 Å². The normalized spacial score (nSPS) is 10.4. The highest BCUT2D eigenvalue weighted by atomic mass is 35.5. The van der Waals surface area contributed by atoms with E-state index in [0.717, 1.165) is 5.56 Å². The van der Waals surface area contributed by atoms with Crippen molar-refractivity contribution in [2.45, 2.75) is 0 Å². The maximum Gasteiger partial charge on any atom is 0.356 e. The van der Waals surface area contributed by atoms with Crippen molar-refractivity contribution in [2.75, 3.05) is 5.32 Å². The highest BCUT2D eigenvalue weighted by Gasteiger charge is 2.20. The zero-order valence-electron chi connectivity index (χ0n) is 12.0. The molecule has 3 rings (SSSR count). The van der Waals surface area contributed by atoms with Crippen LogP contribution in [-0.2, 0) is 0 Å². The topological polar surface area (TPSA) is 121 Å². The van der Waals surface area contributed by atoms with Crippen molar-refractivity contribution in [3.05, 3.63) is 59.1 Å². The number of nitrogens with zero attached hydrogens (tertiary/aromatic N) is 3. The molecular weight excluding hydrogens is 334 g/mol. The van der Waals surface area contributed by atoms with E-state index in [1.807, 2.05) is 6.07 Å². The summed E-state index contributed by atoms with van der Waals surface area (Å²) in [6.45, 7) is 0. The molecular formula is C15H10ClN5O3. The van der Waals surface area contributed by atoms with Gasteiger partial charge in [0.25, 0.3) is 5.91 Å². The first-order valence-corrected chi connectivity index (χ1v) is 7.10. The Kier molecular flexibility index (Phi) is 4.21. The second-order valence-electron chi connectivity index (χ2n) is 4.66. The van der Waals surface area contributed by atoms with E-state index in [9.17, 15) is 9.59 Å². The number of rotatable bonds is 4. The Hall–Kier alpha value is -3.26. The molecule has 0 aliphatic rings. The lowest BCUT2D eigenvalue weighted by molar-refractivity contribution is 0.0685. The van der Waals surface area contributed by atoms with Crippen LogP contribution in [0.4, 0.5) is 5.82 Å². The Balaban J connectivity index is 1.84. The number of hydrogen-bond acceptors (Lipinski definition) is 5. The molecule has 0 saturated carbocycles. The summed E-state index contributed by atoms with van der Waals surface area (Å²) in [6.07, 6.45) is 2.44. The standard InChI is InChI=1S/C15H10ClN5O3/c16-9-4-2-1-3-8(9)10-7-11(21-20-10)19-14(22)12-13(15(23)24)18-6-5-17-12/h1-7H,(H,23,24)(H2,19,20,21,22). The molecule has 8 nitrogen and oxygen atoms in total. The van der Waals surface area contributed by atoms with Gasteiger partial charge in [0.2, 0.25) is 0 Å². The predicted octanol–water partition coefficient (Wildman–Crippen LogP) is 2.47. The number of amides is 1. The third-order valence-corrected chi connectivity index (χ3v) is 3.43. The SMILES string of the molecule is O=C(O)c1nccnc1C(=O)Nc1cc(-c2ccccc2Cl)[nH]n1. The minimum Gasteiger partial charge on any atom is -0.476 e. The molecule has 0 spiro atoms. The van der Waals surface area contributed by atoms with Gasteiger partial charge in [-0.25, -0.2) is 14.8 Å². The second kappa shape index (κ2) is 6.47. The second-order valence-corrected chi connectivity index (χ2v) is 5.07. The number of aromatic nitrogens is 4. The molecule has 0 unspecified atom stereocenters. The van der Waals surface area contributed by atoms with Crippen LogP contribution < -0.4 is 5.32 Å². The zero-order valence-corrected chi connectivity index (χ0v) is 12.8. The molecule has 0 saturated heterocycles. The van der Waals surface area contributed by atoms with Crippen molar-refractivity contribution < 1.29 is 14.7 Å². The molecule has 2 aromatic heterocycles. The first-order valence-electron chi connectivity index (χ1n) is 6.72. The van der Waals surface area contributed by atoms with Crippen molar-refractivity contribution >= 4 is 29.3 Å². The van der Waals surface area contributed by atoms with Crippen LogP contribution in [0.15, 0.2) is 42.7 Å². The van der Waals surface area contributed by atoms with Crippen LogP contribution >= 0.6 is 11.6 Å². The van der Waals surface area contributed by atoms with Crippen molar-refractivity contribution in [3.63, 3.8) is 0 Å². The molecule has 0 atom stereocenters. The van der Waals surface area contributed by atoms with Crippen molar-refractivity contribution in [1.82, 2.24) is 20.2 Å². The third kappa shape index (κ3) is 3.08. The summed E-state index contributed by atoms with van der Waals surface area (Å²) >= 11 is 6.11. The van der Waals surface area contributed by atoms with Gasteiger partial charge < -0.3 is 10.4 Å². The van der Waals surface area contributed by atoms with Gasteiger partial charge >= 0.3 is 5.97 Å². The molecule has 3 N–H and O–H groups in total. The number of carboxylic acid groups (broad SMARTS) is 1. The number of nitrogens with one attached hydrogen (secondary N) is 2. The number of hydrogen-bond donors (Lipinski definition) is 3. The summed E-state index contributed by atoms with van der Waals surface area (Å²) in [4.78, 5) is 30.7. The van der Waals surface area contributed by atoms with Crippen LogP contribution in [0.25, 0.3) is 11.3 Å². The van der Waals surface area contributed by atoms with Gasteiger partial charge in [0, 0.05) is 29.0 Å². The van der Waals surface area contributed by atoms with Gasteiger partial charge in [-0.3, -0.25) is 9.89 Å². The van der Waals surface area contributed by atoms with Gasteiger partial charge in [-0.1, -0.05) is 29.8 Å². The molecule has 0 fully saturated rings. The minimum atomic E-state index is -1.34. The Morgan fingerprint density at radius 1 is 1.12 bits per heavy atom. The quantitative estimate of drug-likeness (QED) is 0.669. The van der Waals surface area contributed by atoms with Gasteiger partial charge in [-0.15, -0.1) is 0 Å². The predicted molar refractivity (Wildman–Crippen MR) is 86.0 cm³/mol. The fraction of sp³-hybridized carbons (Fsp3) is 0. The number of aromatic carboxylic acids is 1. The summed E-state index contributed by atoms with van der Waals surface area (Å²) in [5, 5.41) is 18.8. The van der Waals surface area contributed by atoms with Gasteiger partial charge in [0.1, 0.15) is 0 Å². The van der Waals surface area contributed by atoms with Gasteiger partial charge in [0.15, 0.2) is 17.2 Å². The Morgan fingerprint density at radius 2 is 1.83 bits per heavy atom. The van der Waals surface area contributed by atoms with Gasteiger partial charge in [-0.2, -0.15) is 5.10 Å². The van der Waals surface area contributed by atoms with Crippen LogP contribution in [0, 0.1) is 0 Å². The molecule has 3 aromatic rings. The van der Waals surface area contributed by atoms with E-state index in [2.05, 4.69) is 25.5 Å². The maximum atomic E-state index is 12.2. The molecule has 1 aromatic carbocycles. The van der Waals surface area contributed by atoms with Crippen LogP contribution in [-0.4, -0.2) is 37.1 Å². The first kappa shape index (κ1) is 15.6. The highest BCUT2D eigenvalue weighted by molar-refractivity contribution is 6.33. The number of anilines is 1. The Morgan fingerprint density at radius 3 is 2.54 bits per heavy atom. The Labute approximate surface area is 140 Å². The van der Waals surface area contributed by atoms with E-state index in [1.165, 1.54) is 12.4 Å². The molecule has 1 amide bonds. The number of carboxylic acids is 1. The molecule has 0 radical (unpaired) electrons. The van der Waals surface area contributed by atoms with Crippen LogP contribution in [0.1, 0.15) is 21.0 Å². The zero-order chi connectivity index (χ0) is 17.1. The molecule has 24 heavy (non-hydrogen) atoms. The van der Waals surface area contributed by atoms with Crippen LogP contribution in [0.3, 0.4) is 0 Å². The lowest BCUT2D eigenvalue weighted by atomic mass is 10.1. The summed E-state index contributed by atoms with van der Waals surface area (Å²) in [6, 6.07) is 8.72. The molecule has 0 aliphatic heterocycles. The first-order chi connectivity index (χ1) is 11.6. The van der Waals surface area contributed by atoms with Crippen molar-refractivity contribution in [2.24, 2.45) is 0 Å². The number of aromatic amines is 1. The highest BCUT2D eigenvalue weighted by Crippen LogP contribution is 2.27. The average molecular weight is 344 g/mol. The lowest BCUT2D eigenvalue weighted by Crippen LogP contribution is -2.19. The van der Waals surface area contributed by atoms with Crippen LogP contribution in [0.2, 0.25) is 5.02 Å². The number of benzene rings is 1. The van der Waals surface area contributed by atoms with E-state index >= 15 is 0 Å². The number of halogens is 1. The maximum absolute atomic E-state index is 12.2. The number of carbonyl (C=O) groups is 2. The van der Waals surface area contributed by atoms with Crippen molar-refractivity contribution in [3.8, 4) is 11.3 Å². The van der Waals surface area contributed by atoms with Crippen molar-refractivity contribution in [1.29, 1.82) is 0 Å². The fourth-order valence-electron chi connectivity index (χ4n) is 2.04. The monoisotopic (exact) mass is 343 g/mol. The van der Waals surface area contributed by atoms with E-state index in [4.69, 9.17) is 16.7 Å². The van der Waals surface area contributed by atoms with Crippen LogP contribution in [0.5, 0.6) is 0 Å². The largest absolute Gasteiger partial charge is 0.476 e. The summed E-state index contributed by atoms with van der Waals surface area (Å²) < 4.78 is 0. The lowest BCUT2D eigenvalue weighted by Gasteiger charge is -2.03. The summed E-state index contributed by atoms with van der Waals surface area (Å²) in [7, 11) is 0. The summed E-state index contributed by atoms with van der Waals surface area (Å²) in [5.41, 5.74) is 0.593. The molecule has 0 aliphatic carbocycles. The fourth-order valence-corrected chi connectivity index (χ4v) is 2.28. The molecule has 120 valence electrons. The Bertz CT molecular complexity index is 925. The van der Waals surface area contributed by atoms with E-state index in [1.54, 1.807) is 24.3 Å². The number of carbonyl (C=O) groups excluding carboxylic acids is 1. The average Bonchev–Trinajstić information content (AvgIpc) is 3.03. The van der Waals surface area contributed by atoms with E-state index in [0.29, 0.717) is 10.7 Å².